The van der Waals surface area contributed by atoms with Crippen molar-refractivity contribution in [2.45, 2.75) is 45.9 Å². The van der Waals surface area contributed by atoms with Crippen LogP contribution >= 0.6 is 0 Å². The van der Waals surface area contributed by atoms with Gasteiger partial charge < -0.3 is 14.8 Å². The van der Waals surface area contributed by atoms with Crippen LogP contribution in [0, 0.1) is 5.41 Å². The number of benzene rings is 1. The zero-order valence-electron chi connectivity index (χ0n) is 12.4. The van der Waals surface area contributed by atoms with E-state index in [9.17, 15) is 0 Å². The fourth-order valence-electron chi connectivity index (χ4n) is 2.78. The fraction of sp³-hybridized carbons (Fsp3) is 0.625. The van der Waals surface area contributed by atoms with E-state index in [2.05, 4.69) is 31.3 Å². The summed E-state index contributed by atoms with van der Waals surface area (Å²) in [5, 5.41) is 3.62. The Morgan fingerprint density at radius 3 is 2.79 bits per heavy atom. The van der Waals surface area contributed by atoms with E-state index in [0.29, 0.717) is 18.8 Å². The van der Waals surface area contributed by atoms with E-state index >= 15 is 0 Å². The van der Waals surface area contributed by atoms with Crippen LogP contribution in [0.2, 0.25) is 0 Å². The molecule has 2 unspecified atom stereocenters. The molecule has 1 aromatic rings. The Morgan fingerprint density at radius 1 is 1.37 bits per heavy atom. The Kier molecular flexibility index (Phi) is 4.48. The lowest BCUT2D eigenvalue weighted by atomic mass is 9.64. The molecule has 1 aliphatic carbocycles. The summed E-state index contributed by atoms with van der Waals surface area (Å²) in [7, 11) is 1.80. The molecule has 1 aliphatic rings. The van der Waals surface area contributed by atoms with Crippen molar-refractivity contribution in [3.05, 3.63) is 29.8 Å². The van der Waals surface area contributed by atoms with E-state index < -0.39 is 0 Å². The molecule has 1 N–H and O–H groups in total. The van der Waals surface area contributed by atoms with Gasteiger partial charge in [-0.1, -0.05) is 26.0 Å². The third kappa shape index (κ3) is 3.10. The average Bonchev–Trinajstić information content (AvgIpc) is 2.38. The zero-order valence-corrected chi connectivity index (χ0v) is 12.4. The van der Waals surface area contributed by atoms with Crippen LogP contribution in [0.25, 0.3) is 0 Å². The molecule has 0 amide bonds. The number of hydrogen-bond donors (Lipinski definition) is 1. The van der Waals surface area contributed by atoms with Gasteiger partial charge in [0.2, 0.25) is 0 Å². The van der Waals surface area contributed by atoms with Crippen LogP contribution in [0.3, 0.4) is 0 Å². The Hall–Kier alpha value is -1.06. The lowest BCUT2D eigenvalue weighted by molar-refractivity contribution is -0.0979. The summed E-state index contributed by atoms with van der Waals surface area (Å²) in [5.74, 6) is 0.949. The second-order valence-electron chi connectivity index (χ2n) is 5.80. The molecule has 0 saturated heterocycles. The van der Waals surface area contributed by atoms with Gasteiger partial charge in [-0.05, 0) is 31.0 Å². The maximum atomic E-state index is 5.52. The highest BCUT2D eigenvalue weighted by Crippen LogP contribution is 2.42. The second kappa shape index (κ2) is 5.93. The highest BCUT2D eigenvalue weighted by atomic mass is 16.5. The van der Waals surface area contributed by atoms with Crippen molar-refractivity contribution in [2.75, 3.05) is 13.7 Å². The van der Waals surface area contributed by atoms with Gasteiger partial charge in [-0.2, -0.15) is 0 Å². The van der Waals surface area contributed by atoms with E-state index in [4.69, 9.17) is 9.47 Å². The molecule has 0 heterocycles. The number of ether oxygens (including phenoxy) is 2. The molecule has 3 heteroatoms. The number of methoxy groups -OCH3 is 1. The summed E-state index contributed by atoms with van der Waals surface area (Å²) >= 11 is 0. The first-order valence-corrected chi connectivity index (χ1v) is 7.05. The normalized spacial score (nSPS) is 24.8. The summed E-state index contributed by atoms with van der Waals surface area (Å²) in [6.45, 7) is 8.12. The van der Waals surface area contributed by atoms with Crippen molar-refractivity contribution in [3.8, 4) is 5.75 Å². The van der Waals surface area contributed by atoms with E-state index in [1.807, 2.05) is 19.1 Å². The van der Waals surface area contributed by atoms with Gasteiger partial charge in [-0.25, -0.2) is 0 Å². The quantitative estimate of drug-likeness (QED) is 0.856. The van der Waals surface area contributed by atoms with E-state index in [1.165, 1.54) is 5.56 Å². The minimum Gasteiger partial charge on any atom is -0.494 e. The molecule has 0 bridgehead atoms. The van der Waals surface area contributed by atoms with Crippen molar-refractivity contribution >= 4 is 0 Å². The topological polar surface area (TPSA) is 30.5 Å². The minimum atomic E-state index is 0.215. The van der Waals surface area contributed by atoms with Crippen LogP contribution in [-0.4, -0.2) is 25.9 Å². The van der Waals surface area contributed by atoms with E-state index in [1.54, 1.807) is 7.11 Å². The van der Waals surface area contributed by atoms with Gasteiger partial charge in [0.05, 0.1) is 12.7 Å². The summed E-state index contributed by atoms with van der Waals surface area (Å²) in [4.78, 5) is 0. The van der Waals surface area contributed by atoms with Gasteiger partial charge in [0.15, 0.2) is 0 Å². The molecule has 2 rings (SSSR count). The Balaban J connectivity index is 1.88. The van der Waals surface area contributed by atoms with Crippen molar-refractivity contribution in [2.24, 2.45) is 5.41 Å². The van der Waals surface area contributed by atoms with E-state index in [-0.39, 0.29) is 5.41 Å². The minimum absolute atomic E-state index is 0.215. The standard InChI is InChI=1S/C16H25NO2/c1-5-19-13-8-6-7-12(9-13)11-17-14-10-15(18-4)16(14,2)3/h6-9,14-15,17H,5,10-11H2,1-4H3. The molecule has 0 radical (unpaired) electrons. The molecule has 1 fully saturated rings. The SMILES string of the molecule is CCOc1cccc(CNC2CC(OC)C2(C)C)c1. The first-order chi connectivity index (χ1) is 9.07. The zero-order chi connectivity index (χ0) is 13.9. The lowest BCUT2D eigenvalue weighted by Gasteiger charge is -2.51. The van der Waals surface area contributed by atoms with Gasteiger partial charge in [-0.3, -0.25) is 0 Å². The highest BCUT2D eigenvalue weighted by molar-refractivity contribution is 5.28. The van der Waals surface area contributed by atoms with Crippen LogP contribution < -0.4 is 10.1 Å². The number of hydrogen-bond acceptors (Lipinski definition) is 3. The van der Waals surface area contributed by atoms with Crippen molar-refractivity contribution < 1.29 is 9.47 Å². The summed E-state index contributed by atoms with van der Waals surface area (Å²) < 4.78 is 11.0. The highest BCUT2D eigenvalue weighted by Gasteiger charge is 2.48. The Morgan fingerprint density at radius 2 is 2.16 bits per heavy atom. The molecule has 0 aromatic heterocycles. The smallest absolute Gasteiger partial charge is 0.119 e. The monoisotopic (exact) mass is 263 g/mol. The summed E-state index contributed by atoms with van der Waals surface area (Å²) in [6.07, 6.45) is 1.47. The molecular weight excluding hydrogens is 238 g/mol. The molecule has 106 valence electrons. The van der Waals surface area contributed by atoms with Crippen molar-refractivity contribution in [3.63, 3.8) is 0 Å². The maximum absolute atomic E-state index is 5.52. The number of nitrogens with one attached hydrogen (secondary N) is 1. The van der Waals surface area contributed by atoms with Crippen LogP contribution in [0.1, 0.15) is 32.8 Å². The summed E-state index contributed by atoms with van der Waals surface area (Å²) in [6, 6.07) is 8.81. The van der Waals surface area contributed by atoms with Crippen molar-refractivity contribution in [1.82, 2.24) is 5.32 Å². The third-order valence-electron chi connectivity index (χ3n) is 4.22. The maximum Gasteiger partial charge on any atom is 0.119 e. The predicted molar refractivity (Wildman–Crippen MR) is 77.4 cm³/mol. The third-order valence-corrected chi connectivity index (χ3v) is 4.22. The first-order valence-electron chi connectivity index (χ1n) is 7.05. The van der Waals surface area contributed by atoms with Crippen molar-refractivity contribution in [1.29, 1.82) is 0 Å². The molecule has 2 atom stereocenters. The van der Waals surface area contributed by atoms with E-state index in [0.717, 1.165) is 18.7 Å². The average molecular weight is 263 g/mol. The molecule has 3 nitrogen and oxygen atoms in total. The lowest BCUT2D eigenvalue weighted by Crippen LogP contribution is -2.60. The van der Waals surface area contributed by atoms with Gasteiger partial charge >= 0.3 is 0 Å². The van der Waals surface area contributed by atoms with Gasteiger partial charge in [-0.15, -0.1) is 0 Å². The van der Waals surface area contributed by atoms with Gasteiger partial charge in [0.25, 0.3) is 0 Å². The van der Waals surface area contributed by atoms with Crippen LogP contribution in [0.5, 0.6) is 5.75 Å². The van der Waals surface area contributed by atoms with Gasteiger partial charge in [0.1, 0.15) is 5.75 Å². The number of rotatable bonds is 6. The molecular formula is C16H25NO2. The molecule has 19 heavy (non-hydrogen) atoms. The molecule has 0 aliphatic heterocycles. The Labute approximate surface area is 116 Å². The summed E-state index contributed by atoms with van der Waals surface area (Å²) in [5.41, 5.74) is 1.48. The molecule has 1 saturated carbocycles. The fourth-order valence-corrected chi connectivity index (χ4v) is 2.78. The van der Waals surface area contributed by atoms with Crippen LogP contribution in [-0.2, 0) is 11.3 Å². The second-order valence-corrected chi connectivity index (χ2v) is 5.80. The van der Waals surface area contributed by atoms with Crippen LogP contribution in [0.4, 0.5) is 0 Å². The first kappa shape index (κ1) is 14.4. The van der Waals surface area contributed by atoms with Gasteiger partial charge in [0, 0.05) is 25.1 Å². The molecule has 1 aromatic carbocycles. The predicted octanol–water partition coefficient (Wildman–Crippen LogP) is 2.99. The Bertz CT molecular complexity index is 417. The molecule has 0 spiro atoms. The largest absolute Gasteiger partial charge is 0.494 e. The van der Waals surface area contributed by atoms with Crippen LogP contribution in [0.15, 0.2) is 24.3 Å².